The van der Waals surface area contributed by atoms with Crippen LogP contribution in [0.1, 0.15) is 91.4 Å². The van der Waals surface area contributed by atoms with Crippen LogP contribution >= 0.6 is 0 Å². The molecule has 3 saturated carbocycles. The Morgan fingerprint density at radius 3 is 1.90 bits per heavy atom. The van der Waals surface area contributed by atoms with Crippen LogP contribution in [0.5, 0.6) is 0 Å². The van der Waals surface area contributed by atoms with E-state index in [0.29, 0.717) is 11.5 Å². The molecule has 29 heavy (non-hydrogen) atoms. The van der Waals surface area contributed by atoms with Gasteiger partial charge in [0.2, 0.25) is 11.8 Å². The van der Waals surface area contributed by atoms with Crippen LogP contribution in [-0.4, -0.2) is 36.0 Å². The summed E-state index contributed by atoms with van der Waals surface area (Å²) in [5, 5.41) is 0. The predicted molar refractivity (Wildman–Crippen MR) is 114 cm³/mol. The van der Waals surface area contributed by atoms with Gasteiger partial charge in [-0.2, -0.15) is 0 Å². The molecule has 0 aromatic rings. The molecule has 4 aliphatic rings. The first-order valence-electron chi connectivity index (χ1n) is 12.2. The summed E-state index contributed by atoms with van der Waals surface area (Å²) < 4.78 is 6.50. The third-order valence-electron chi connectivity index (χ3n) is 9.28. The molecule has 3 atom stereocenters. The predicted octanol–water partition coefficient (Wildman–Crippen LogP) is 5.20. The second kappa shape index (κ2) is 8.32. The minimum atomic E-state index is -0.129. The molecule has 3 unspecified atom stereocenters. The highest BCUT2D eigenvalue weighted by Gasteiger charge is 2.49. The van der Waals surface area contributed by atoms with E-state index in [1.54, 1.807) is 7.05 Å². The average molecular weight is 404 g/mol. The van der Waals surface area contributed by atoms with Crippen LogP contribution < -0.4 is 0 Å². The van der Waals surface area contributed by atoms with Crippen LogP contribution in [0.3, 0.4) is 0 Å². The van der Waals surface area contributed by atoms with Gasteiger partial charge in [0.15, 0.2) is 0 Å². The Hall–Kier alpha value is -0.900. The zero-order valence-electron chi connectivity index (χ0n) is 19.0. The van der Waals surface area contributed by atoms with E-state index in [0.717, 1.165) is 49.9 Å². The van der Waals surface area contributed by atoms with E-state index in [4.69, 9.17) is 4.74 Å². The fourth-order valence-electron chi connectivity index (χ4n) is 6.98. The Bertz CT molecular complexity index is 614. The number of nitrogens with zero attached hydrogens (tertiary/aromatic N) is 1. The summed E-state index contributed by atoms with van der Waals surface area (Å²) in [7, 11) is 1.63. The summed E-state index contributed by atoms with van der Waals surface area (Å²) in [5.74, 6) is 2.46. The topological polar surface area (TPSA) is 46.6 Å². The summed E-state index contributed by atoms with van der Waals surface area (Å²) >= 11 is 0. The summed E-state index contributed by atoms with van der Waals surface area (Å²) in [6.45, 7) is 7.46. The maximum absolute atomic E-state index is 12.4. The number of carbonyl (C=O) groups is 2. The van der Waals surface area contributed by atoms with E-state index in [1.165, 1.54) is 43.4 Å². The van der Waals surface area contributed by atoms with Crippen LogP contribution in [0.4, 0.5) is 0 Å². The summed E-state index contributed by atoms with van der Waals surface area (Å²) in [6, 6.07) is 0. The van der Waals surface area contributed by atoms with Crippen LogP contribution in [-0.2, 0) is 14.3 Å². The molecule has 4 rings (SSSR count). The number of likely N-dealkylation sites (tertiary alicyclic amines) is 1. The van der Waals surface area contributed by atoms with E-state index in [1.807, 2.05) is 0 Å². The van der Waals surface area contributed by atoms with Gasteiger partial charge in [0.25, 0.3) is 0 Å². The standard InChI is InChI=1S/C25H41NO3/c1-16-5-7-17(8-6-16)25(2,3)18-9-11-19(12-10-18)29-20-13-14-21-22(15-20)24(28)26(4)23(21)27/h16-22H,5-15H2,1-4H3. The first-order chi connectivity index (χ1) is 13.8. The highest BCUT2D eigenvalue weighted by Crippen LogP contribution is 2.49. The molecule has 2 amide bonds. The monoisotopic (exact) mass is 403 g/mol. The highest BCUT2D eigenvalue weighted by molar-refractivity contribution is 6.04. The Labute approximate surface area is 177 Å². The normalized spacial score (nSPS) is 41.5. The third kappa shape index (κ3) is 4.16. The van der Waals surface area contributed by atoms with Gasteiger partial charge in [-0.1, -0.05) is 33.6 Å². The van der Waals surface area contributed by atoms with Gasteiger partial charge >= 0.3 is 0 Å². The van der Waals surface area contributed by atoms with Crippen molar-refractivity contribution in [2.45, 2.75) is 104 Å². The van der Waals surface area contributed by atoms with Gasteiger partial charge in [0, 0.05) is 7.05 Å². The molecule has 1 heterocycles. The van der Waals surface area contributed by atoms with Crippen molar-refractivity contribution >= 4 is 11.8 Å². The molecular formula is C25H41NO3. The molecule has 0 bridgehead atoms. The fourth-order valence-corrected chi connectivity index (χ4v) is 6.98. The van der Waals surface area contributed by atoms with Crippen molar-refractivity contribution in [3.05, 3.63) is 0 Å². The van der Waals surface area contributed by atoms with E-state index in [9.17, 15) is 9.59 Å². The largest absolute Gasteiger partial charge is 0.375 e. The van der Waals surface area contributed by atoms with E-state index in [2.05, 4.69) is 20.8 Å². The first kappa shape index (κ1) is 21.3. The van der Waals surface area contributed by atoms with Crippen molar-refractivity contribution in [2.24, 2.45) is 35.0 Å². The molecule has 3 aliphatic carbocycles. The molecule has 4 fully saturated rings. The van der Waals surface area contributed by atoms with Crippen molar-refractivity contribution in [3.8, 4) is 0 Å². The Morgan fingerprint density at radius 1 is 0.759 bits per heavy atom. The van der Waals surface area contributed by atoms with Gasteiger partial charge in [-0.05, 0) is 81.0 Å². The molecule has 4 heteroatoms. The molecule has 0 spiro atoms. The minimum absolute atomic E-state index is 0.0144. The average Bonchev–Trinajstić information content (AvgIpc) is 2.93. The van der Waals surface area contributed by atoms with Gasteiger partial charge in [-0.25, -0.2) is 0 Å². The van der Waals surface area contributed by atoms with Gasteiger partial charge in [0.05, 0.1) is 24.0 Å². The number of ether oxygens (including phenoxy) is 1. The second-order valence-corrected chi connectivity index (χ2v) is 11.3. The molecule has 164 valence electrons. The van der Waals surface area contributed by atoms with Gasteiger partial charge in [0.1, 0.15) is 0 Å². The molecule has 1 aliphatic heterocycles. The first-order valence-corrected chi connectivity index (χ1v) is 12.2. The number of imide groups is 1. The molecule has 0 N–H and O–H groups in total. The van der Waals surface area contributed by atoms with Crippen molar-refractivity contribution in [1.82, 2.24) is 4.90 Å². The molecule has 0 aromatic carbocycles. The molecule has 0 aromatic heterocycles. The van der Waals surface area contributed by atoms with Crippen molar-refractivity contribution in [1.29, 1.82) is 0 Å². The number of carbonyl (C=O) groups excluding carboxylic acids is 2. The van der Waals surface area contributed by atoms with E-state index in [-0.39, 0.29) is 29.8 Å². The molecule has 1 saturated heterocycles. The second-order valence-electron chi connectivity index (χ2n) is 11.3. The van der Waals surface area contributed by atoms with Crippen LogP contribution in [0.25, 0.3) is 0 Å². The van der Waals surface area contributed by atoms with E-state index >= 15 is 0 Å². The zero-order valence-corrected chi connectivity index (χ0v) is 19.0. The Morgan fingerprint density at radius 2 is 1.28 bits per heavy atom. The van der Waals surface area contributed by atoms with Crippen LogP contribution in [0, 0.1) is 35.0 Å². The Kier molecular flexibility index (Phi) is 6.12. The zero-order chi connectivity index (χ0) is 20.8. The molecular weight excluding hydrogens is 362 g/mol. The lowest BCUT2D eigenvalue weighted by Gasteiger charge is -2.47. The van der Waals surface area contributed by atoms with Crippen molar-refractivity contribution < 1.29 is 14.3 Å². The van der Waals surface area contributed by atoms with Gasteiger partial charge in [-0.15, -0.1) is 0 Å². The van der Waals surface area contributed by atoms with Crippen LogP contribution in [0.2, 0.25) is 0 Å². The Balaban J connectivity index is 1.26. The number of amides is 2. The summed E-state index contributed by atoms with van der Waals surface area (Å²) in [5.41, 5.74) is 0.449. The lowest BCUT2D eigenvalue weighted by Crippen LogP contribution is -2.39. The summed E-state index contributed by atoms with van der Waals surface area (Å²) in [6.07, 6.45) is 13.5. The smallest absolute Gasteiger partial charge is 0.232 e. The van der Waals surface area contributed by atoms with Crippen molar-refractivity contribution in [2.75, 3.05) is 7.05 Å². The van der Waals surface area contributed by atoms with Crippen molar-refractivity contribution in [3.63, 3.8) is 0 Å². The van der Waals surface area contributed by atoms with E-state index < -0.39 is 0 Å². The maximum atomic E-state index is 12.4. The lowest BCUT2D eigenvalue weighted by molar-refractivity contribution is -0.138. The van der Waals surface area contributed by atoms with Crippen LogP contribution in [0.15, 0.2) is 0 Å². The maximum Gasteiger partial charge on any atom is 0.232 e. The fraction of sp³-hybridized carbons (Fsp3) is 0.920. The minimum Gasteiger partial charge on any atom is -0.375 e. The number of hydrogen-bond acceptors (Lipinski definition) is 3. The number of rotatable bonds is 4. The summed E-state index contributed by atoms with van der Waals surface area (Å²) in [4.78, 5) is 25.9. The number of fused-ring (bicyclic) bond motifs is 1. The quantitative estimate of drug-likeness (QED) is 0.606. The van der Waals surface area contributed by atoms with Gasteiger partial charge in [-0.3, -0.25) is 14.5 Å². The SMILES string of the molecule is CC1CCC(C(C)(C)C2CCC(OC3CCC4C(=O)N(C)C(=O)C4C3)CC2)CC1. The molecule has 0 radical (unpaired) electrons. The lowest BCUT2D eigenvalue weighted by atomic mass is 9.60. The number of hydrogen-bond donors (Lipinski definition) is 0. The highest BCUT2D eigenvalue weighted by atomic mass is 16.5. The molecule has 4 nitrogen and oxygen atoms in total. The van der Waals surface area contributed by atoms with Gasteiger partial charge < -0.3 is 4.74 Å². The third-order valence-corrected chi connectivity index (χ3v) is 9.28.